The van der Waals surface area contributed by atoms with E-state index in [2.05, 4.69) is 20.5 Å². The van der Waals surface area contributed by atoms with E-state index in [1.807, 2.05) is 18.2 Å². The number of hydrogen-bond acceptors (Lipinski definition) is 5. The SMILES string of the molecule is CC1(C)C(=O)Nc2ccccc2N1C(=O)CSc1n[nH]c(CC2CCCC2)n1. The van der Waals surface area contributed by atoms with E-state index in [1.165, 1.54) is 37.4 Å². The summed E-state index contributed by atoms with van der Waals surface area (Å²) in [6.45, 7) is 3.51. The third-order valence-corrected chi connectivity index (χ3v) is 6.38. The minimum Gasteiger partial charge on any atom is -0.322 e. The fourth-order valence-corrected chi connectivity index (χ4v) is 4.68. The molecule has 1 aromatic carbocycles. The van der Waals surface area contributed by atoms with Gasteiger partial charge in [0, 0.05) is 6.42 Å². The van der Waals surface area contributed by atoms with Gasteiger partial charge in [0.25, 0.3) is 0 Å². The molecule has 0 radical (unpaired) electrons. The zero-order valence-electron chi connectivity index (χ0n) is 16.2. The maximum Gasteiger partial charge on any atom is 0.250 e. The van der Waals surface area contributed by atoms with Crippen molar-refractivity contribution >= 4 is 35.0 Å². The van der Waals surface area contributed by atoms with Gasteiger partial charge >= 0.3 is 0 Å². The Bertz CT molecular complexity index is 888. The number of nitrogens with one attached hydrogen (secondary N) is 2. The van der Waals surface area contributed by atoms with E-state index in [-0.39, 0.29) is 17.6 Å². The minimum atomic E-state index is -0.960. The first kappa shape index (κ1) is 19.0. The number of aromatic nitrogens is 3. The number of anilines is 2. The Hall–Kier alpha value is -2.35. The average Bonchev–Trinajstić information content (AvgIpc) is 3.33. The summed E-state index contributed by atoms with van der Waals surface area (Å²) in [5, 5.41) is 10.7. The number of rotatable bonds is 5. The third-order valence-electron chi connectivity index (χ3n) is 5.55. The lowest BCUT2D eigenvalue weighted by Crippen LogP contribution is -2.58. The summed E-state index contributed by atoms with van der Waals surface area (Å²) in [5.74, 6) is 1.42. The van der Waals surface area contributed by atoms with Crippen molar-refractivity contribution in [2.24, 2.45) is 5.92 Å². The van der Waals surface area contributed by atoms with Crippen LogP contribution in [0.5, 0.6) is 0 Å². The predicted molar refractivity (Wildman–Crippen MR) is 109 cm³/mol. The highest BCUT2D eigenvalue weighted by molar-refractivity contribution is 7.99. The van der Waals surface area contributed by atoms with Crippen LogP contribution in [0.25, 0.3) is 0 Å². The third kappa shape index (κ3) is 3.65. The normalized spacial score (nSPS) is 18.8. The Kier molecular flexibility index (Phi) is 5.14. The molecule has 0 unspecified atom stereocenters. The molecule has 148 valence electrons. The van der Waals surface area contributed by atoms with Crippen LogP contribution in [-0.4, -0.2) is 38.3 Å². The average molecular weight is 400 g/mol. The molecule has 1 aromatic heterocycles. The molecule has 2 aliphatic rings. The maximum atomic E-state index is 13.0. The van der Waals surface area contributed by atoms with Crippen LogP contribution in [0.2, 0.25) is 0 Å². The van der Waals surface area contributed by atoms with E-state index < -0.39 is 5.54 Å². The van der Waals surface area contributed by atoms with Crippen molar-refractivity contribution in [2.45, 2.75) is 56.6 Å². The lowest BCUT2D eigenvalue weighted by Gasteiger charge is -2.42. The van der Waals surface area contributed by atoms with Crippen LogP contribution in [0.15, 0.2) is 29.4 Å². The number of fused-ring (bicyclic) bond motifs is 1. The van der Waals surface area contributed by atoms with Gasteiger partial charge < -0.3 is 5.32 Å². The second-order valence-electron chi connectivity index (χ2n) is 7.97. The molecule has 0 spiro atoms. The first-order valence-corrected chi connectivity index (χ1v) is 10.7. The molecule has 4 rings (SSSR count). The van der Waals surface area contributed by atoms with Crippen LogP contribution in [0.3, 0.4) is 0 Å². The van der Waals surface area contributed by atoms with Crippen molar-refractivity contribution in [3.05, 3.63) is 30.1 Å². The number of carbonyl (C=O) groups is 2. The van der Waals surface area contributed by atoms with Gasteiger partial charge in [-0.3, -0.25) is 19.6 Å². The van der Waals surface area contributed by atoms with Crippen LogP contribution >= 0.6 is 11.8 Å². The molecule has 2 amide bonds. The molecule has 0 saturated heterocycles. The number of thioether (sulfide) groups is 1. The zero-order chi connectivity index (χ0) is 19.7. The number of carbonyl (C=O) groups excluding carboxylic acids is 2. The van der Waals surface area contributed by atoms with Crippen molar-refractivity contribution in [3.63, 3.8) is 0 Å². The van der Waals surface area contributed by atoms with Crippen LogP contribution in [-0.2, 0) is 16.0 Å². The fraction of sp³-hybridized carbons (Fsp3) is 0.500. The largest absolute Gasteiger partial charge is 0.322 e. The highest BCUT2D eigenvalue weighted by Gasteiger charge is 2.43. The minimum absolute atomic E-state index is 0.139. The quantitative estimate of drug-likeness (QED) is 0.752. The molecule has 1 saturated carbocycles. The number of H-pyrrole nitrogens is 1. The van der Waals surface area contributed by atoms with Gasteiger partial charge in [0.15, 0.2) is 0 Å². The Balaban J connectivity index is 1.44. The van der Waals surface area contributed by atoms with Gasteiger partial charge in [0.1, 0.15) is 11.4 Å². The van der Waals surface area contributed by atoms with Gasteiger partial charge in [-0.25, -0.2) is 4.98 Å². The van der Waals surface area contributed by atoms with E-state index in [4.69, 9.17) is 0 Å². The number of amides is 2. The van der Waals surface area contributed by atoms with Gasteiger partial charge in [0.05, 0.1) is 17.1 Å². The van der Waals surface area contributed by atoms with Crippen molar-refractivity contribution in [1.29, 1.82) is 0 Å². The number of para-hydroxylation sites is 2. The van der Waals surface area contributed by atoms with Gasteiger partial charge in [0.2, 0.25) is 17.0 Å². The molecule has 1 aliphatic heterocycles. The monoisotopic (exact) mass is 399 g/mol. The highest BCUT2D eigenvalue weighted by atomic mass is 32.2. The van der Waals surface area contributed by atoms with E-state index in [1.54, 1.807) is 24.8 Å². The predicted octanol–water partition coefficient (Wildman–Crippen LogP) is 3.39. The lowest BCUT2D eigenvalue weighted by atomic mass is 9.96. The summed E-state index contributed by atoms with van der Waals surface area (Å²) in [7, 11) is 0. The van der Waals surface area contributed by atoms with Crippen molar-refractivity contribution < 1.29 is 9.59 Å². The summed E-state index contributed by atoms with van der Waals surface area (Å²) in [6, 6.07) is 7.37. The van der Waals surface area contributed by atoms with E-state index in [0.29, 0.717) is 16.8 Å². The molecule has 1 aliphatic carbocycles. The molecule has 2 heterocycles. The maximum absolute atomic E-state index is 13.0. The summed E-state index contributed by atoms with van der Waals surface area (Å²) in [4.78, 5) is 31.7. The molecule has 0 atom stereocenters. The topological polar surface area (TPSA) is 91.0 Å². The molecule has 2 aromatic rings. The van der Waals surface area contributed by atoms with Gasteiger partial charge in [-0.15, -0.1) is 5.10 Å². The van der Waals surface area contributed by atoms with Crippen molar-refractivity contribution in [1.82, 2.24) is 15.2 Å². The van der Waals surface area contributed by atoms with Gasteiger partial charge in [-0.2, -0.15) is 0 Å². The summed E-state index contributed by atoms with van der Waals surface area (Å²) < 4.78 is 0. The van der Waals surface area contributed by atoms with Crippen molar-refractivity contribution in [3.8, 4) is 0 Å². The molecular formula is C20H25N5O2S. The Labute approximate surface area is 168 Å². The van der Waals surface area contributed by atoms with Crippen molar-refractivity contribution in [2.75, 3.05) is 16.0 Å². The molecule has 28 heavy (non-hydrogen) atoms. The molecular weight excluding hydrogens is 374 g/mol. The fourth-order valence-electron chi connectivity index (χ4n) is 4.01. The standard InChI is InChI=1S/C20H25N5O2S/c1-20(2)18(27)21-14-9-5-6-10-15(14)25(20)17(26)12-28-19-22-16(23-24-19)11-13-7-3-4-8-13/h5-6,9-10,13H,3-4,7-8,11-12H2,1-2H3,(H,21,27)(H,22,23,24). The van der Waals surface area contributed by atoms with Gasteiger partial charge in [-0.05, 0) is 31.9 Å². The number of nitrogens with zero attached hydrogens (tertiary/aromatic N) is 3. The van der Waals surface area contributed by atoms with Crippen LogP contribution in [0.1, 0.15) is 45.4 Å². The van der Waals surface area contributed by atoms with Crippen LogP contribution in [0.4, 0.5) is 11.4 Å². The van der Waals surface area contributed by atoms with Gasteiger partial charge in [-0.1, -0.05) is 49.6 Å². The second-order valence-corrected chi connectivity index (χ2v) is 8.91. The number of aromatic amines is 1. The summed E-state index contributed by atoms with van der Waals surface area (Å²) >= 11 is 1.30. The first-order valence-electron chi connectivity index (χ1n) is 9.73. The first-order chi connectivity index (χ1) is 13.4. The molecule has 7 nitrogen and oxygen atoms in total. The number of hydrogen-bond donors (Lipinski definition) is 2. The Morgan fingerprint density at radius 2 is 2.04 bits per heavy atom. The van der Waals surface area contributed by atoms with Crippen LogP contribution in [0, 0.1) is 5.92 Å². The van der Waals surface area contributed by atoms with E-state index in [9.17, 15) is 9.59 Å². The Morgan fingerprint density at radius 1 is 1.29 bits per heavy atom. The molecule has 2 N–H and O–H groups in total. The smallest absolute Gasteiger partial charge is 0.250 e. The molecule has 8 heteroatoms. The Morgan fingerprint density at radius 3 is 2.82 bits per heavy atom. The summed E-state index contributed by atoms with van der Waals surface area (Å²) in [5.41, 5.74) is 0.412. The van der Waals surface area contributed by atoms with E-state index >= 15 is 0 Å². The second kappa shape index (κ2) is 7.58. The molecule has 0 bridgehead atoms. The molecule has 1 fully saturated rings. The number of benzene rings is 1. The van der Waals surface area contributed by atoms with Crippen LogP contribution < -0.4 is 10.2 Å². The van der Waals surface area contributed by atoms with E-state index in [0.717, 1.165) is 17.9 Å². The zero-order valence-corrected chi connectivity index (χ0v) is 17.0. The summed E-state index contributed by atoms with van der Waals surface area (Å²) in [6.07, 6.45) is 6.04. The highest BCUT2D eigenvalue weighted by Crippen LogP contribution is 2.37. The lowest BCUT2D eigenvalue weighted by molar-refractivity contribution is -0.125.